The van der Waals surface area contributed by atoms with E-state index in [-0.39, 0.29) is 10.8 Å². The maximum atomic E-state index is 13.4. The van der Waals surface area contributed by atoms with Crippen LogP contribution in [-0.4, -0.2) is 10.1 Å². The first-order valence-corrected chi connectivity index (χ1v) is 5.92. The van der Waals surface area contributed by atoms with Crippen LogP contribution in [0.25, 0.3) is 0 Å². The lowest BCUT2D eigenvalue weighted by Gasteiger charge is -2.10. The van der Waals surface area contributed by atoms with Crippen molar-refractivity contribution in [3.8, 4) is 0 Å². The molecule has 3 nitrogen and oxygen atoms in total. The molecule has 1 heterocycles. The molecular formula is C13H11F2N3S. The highest BCUT2D eigenvalue weighted by atomic mass is 32.1. The third kappa shape index (κ3) is 3.69. The molecule has 2 N–H and O–H groups in total. The van der Waals surface area contributed by atoms with Crippen LogP contribution < -0.4 is 10.6 Å². The number of hydrogen-bond acceptors (Lipinski definition) is 2. The lowest BCUT2D eigenvalue weighted by atomic mass is 10.3. The van der Waals surface area contributed by atoms with Crippen LogP contribution in [0.1, 0.15) is 5.69 Å². The number of nitrogens with one attached hydrogen (secondary N) is 2. The van der Waals surface area contributed by atoms with Crippen molar-refractivity contribution >= 4 is 28.8 Å². The van der Waals surface area contributed by atoms with Crippen molar-refractivity contribution in [1.82, 2.24) is 4.98 Å². The highest BCUT2D eigenvalue weighted by molar-refractivity contribution is 7.80. The molecule has 0 saturated heterocycles. The molecule has 0 fully saturated rings. The Balaban J connectivity index is 2.05. The van der Waals surface area contributed by atoms with Gasteiger partial charge >= 0.3 is 0 Å². The molecule has 0 aliphatic heterocycles. The number of aryl methyl sites for hydroxylation is 1. The SMILES string of the molecule is Cc1cccc(NC(=S)Nc2ccc(F)cc2F)n1. The number of halogens is 2. The summed E-state index contributed by atoms with van der Waals surface area (Å²) < 4.78 is 26.2. The smallest absolute Gasteiger partial charge is 0.176 e. The molecule has 19 heavy (non-hydrogen) atoms. The maximum absolute atomic E-state index is 13.4. The first-order valence-electron chi connectivity index (χ1n) is 5.51. The average Bonchev–Trinajstić information content (AvgIpc) is 2.33. The second-order valence-corrected chi connectivity index (χ2v) is 4.28. The molecule has 1 aromatic carbocycles. The van der Waals surface area contributed by atoms with Crippen molar-refractivity contribution in [1.29, 1.82) is 0 Å². The molecule has 0 aliphatic rings. The highest BCUT2D eigenvalue weighted by Crippen LogP contribution is 2.15. The molecule has 0 unspecified atom stereocenters. The van der Waals surface area contributed by atoms with Crippen molar-refractivity contribution in [2.24, 2.45) is 0 Å². The second kappa shape index (κ2) is 5.71. The highest BCUT2D eigenvalue weighted by Gasteiger charge is 2.06. The van der Waals surface area contributed by atoms with E-state index in [1.54, 1.807) is 6.07 Å². The van der Waals surface area contributed by atoms with E-state index in [2.05, 4.69) is 15.6 Å². The number of nitrogens with zero attached hydrogens (tertiary/aromatic N) is 1. The van der Waals surface area contributed by atoms with Crippen LogP contribution in [0.2, 0.25) is 0 Å². The number of aromatic nitrogens is 1. The summed E-state index contributed by atoms with van der Waals surface area (Å²) in [6.45, 7) is 1.85. The van der Waals surface area contributed by atoms with Gasteiger partial charge in [0, 0.05) is 11.8 Å². The summed E-state index contributed by atoms with van der Waals surface area (Å²) >= 11 is 5.03. The average molecular weight is 279 g/mol. The largest absolute Gasteiger partial charge is 0.330 e. The van der Waals surface area contributed by atoms with Crippen molar-refractivity contribution in [3.05, 3.63) is 53.7 Å². The van der Waals surface area contributed by atoms with E-state index in [4.69, 9.17) is 12.2 Å². The van der Waals surface area contributed by atoms with Crippen molar-refractivity contribution in [3.63, 3.8) is 0 Å². The van der Waals surface area contributed by atoms with Crippen LogP contribution in [0.5, 0.6) is 0 Å². The molecule has 0 saturated carbocycles. The summed E-state index contributed by atoms with van der Waals surface area (Å²) in [6, 6.07) is 8.63. The van der Waals surface area contributed by atoms with Crippen LogP contribution in [0.3, 0.4) is 0 Å². The van der Waals surface area contributed by atoms with Gasteiger partial charge in [0.05, 0.1) is 5.69 Å². The van der Waals surface area contributed by atoms with E-state index < -0.39 is 11.6 Å². The van der Waals surface area contributed by atoms with Gasteiger partial charge < -0.3 is 10.6 Å². The molecule has 0 amide bonds. The van der Waals surface area contributed by atoms with E-state index in [1.807, 2.05) is 19.1 Å². The molecule has 98 valence electrons. The molecule has 0 bridgehead atoms. The van der Waals surface area contributed by atoms with Gasteiger partial charge in [-0.05, 0) is 43.4 Å². The predicted molar refractivity (Wildman–Crippen MR) is 75.2 cm³/mol. The molecule has 0 atom stereocenters. The van der Waals surface area contributed by atoms with Crippen LogP contribution in [0.4, 0.5) is 20.3 Å². The number of thiocarbonyl (C=S) groups is 1. The summed E-state index contributed by atoms with van der Waals surface area (Å²) in [5.41, 5.74) is 0.937. The van der Waals surface area contributed by atoms with E-state index in [0.717, 1.165) is 17.8 Å². The van der Waals surface area contributed by atoms with E-state index in [0.29, 0.717) is 5.82 Å². The fourth-order valence-corrected chi connectivity index (χ4v) is 1.69. The van der Waals surface area contributed by atoms with Gasteiger partial charge in [-0.2, -0.15) is 0 Å². The van der Waals surface area contributed by atoms with Gasteiger partial charge in [-0.3, -0.25) is 0 Å². The van der Waals surface area contributed by atoms with Crippen molar-refractivity contribution in [2.75, 3.05) is 10.6 Å². The molecule has 2 rings (SSSR count). The number of anilines is 2. The van der Waals surface area contributed by atoms with E-state index in [9.17, 15) is 8.78 Å². The minimum absolute atomic E-state index is 0.103. The molecule has 2 aromatic rings. The third-order valence-corrected chi connectivity index (χ3v) is 2.51. The van der Waals surface area contributed by atoms with E-state index in [1.165, 1.54) is 6.07 Å². The predicted octanol–water partition coefficient (Wildman–Crippen LogP) is 3.48. The summed E-state index contributed by atoms with van der Waals surface area (Å²) in [4.78, 5) is 4.20. The molecule has 6 heteroatoms. The zero-order valence-corrected chi connectivity index (χ0v) is 10.9. The Hall–Kier alpha value is -2.08. The lowest BCUT2D eigenvalue weighted by Crippen LogP contribution is -2.20. The summed E-state index contributed by atoms with van der Waals surface area (Å²) in [5.74, 6) is -0.788. The molecule has 0 aliphatic carbocycles. The Kier molecular flexibility index (Phi) is 4.01. The van der Waals surface area contributed by atoms with Gasteiger partial charge in [-0.1, -0.05) is 6.07 Å². The van der Waals surface area contributed by atoms with Crippen molar-refractivity contribution in [2.45, 2.75) is 6.92 Å². The fraction of sp³-hybridized carbons (Fsp3) is 0.0769. The first-order chi connectivity index (χ1) is 9.04. The van der Waals surface area contributed by atoms with Crippen LogP contribution in [-0.2, 0) is 0 Å². The summed E-state index contributed by atoms with van der Waals surface area (Å²) in [6.07, 6.45) is 0. The van der Waals surface area contributed by atoms with Gasteiger partial charge in [-0.15, -0.1) is 0 Å². The Morgan fingerprint density at radius 3 is 2.63 bits per heavy atom. The topological polar surface area (TPSA) is 37.0 Å². The minimum Gasteiger partial charge on any atom is -0.330 e. The van der Waals surface area contributed by atoms with Crippen LogP contribution >= 0.6 is 12.2 Å². The third-order valence-electron chi connectivity index (χ3n) is 2.31. The van der Waals surface area contributed by atoms with Gasteiger partial charge in [0.25, 0.3) is 0 Å². The Bertz CT molecular complexity index is 617. The monoisotopic (exact) mass is 279 g/mol. The fourth-order valence-electron chi connectivity index (χ4n) is 1.47. The van der Waals surface area contributed by atoms with Crippen molar-refractivity contribution < 1.29 is 8.78 Å². The lowest BCUT2D eigenvalue weighted by molar-refractivity contribution is 0.586. The zero-order valence-electron chi connectivity index (χ0n) is 10.1. The second-order valence-electron chi connectivity index (χ2n) is 3.87. The number of rotatable bonds is 2. The van der Waals surface area contributed by atoms with Crippen LogP contribution in [0.15, 0.2) is 36.4 Å². The first kappa shape index (κ1) is 13.4. The number of hydrogen-bond donors (Lipinski definition) is 2. The van der Waals surface area contributed by atoms with E-state index >= 15 is 0 Å². The van der Waals surface area contributed by atoms with Gasteiger partial charge in [0.2, 0.25) is 0 Å². The number of pyridine rings is 1. The molecule has 1 aromatic heterocycles. The maximum Gasteiger partial charge on any atom is 0.176 e. The summed E-state index contributed by atoms with van der Waals surface area (Å²) in [7, 11) is 0. The number of benzene rings is 1. The Labute approximate surface area is 114 Å². The Morgan fingerprint density at radius 2 is 1.95 bits per heavy atom. The minimum atomic E-state index is -0.707. The molecule has 0 radical (unpaired) electrons. The molecular weight excluding hydrogens is 268 g/mol. The van der Waals surface area contributed by atoms with Gasteiger partial charge in [0.1, 0.15) is 17.5 Å². The quantitative estimate of drug-likeness (QED) is 0.825. The normalized spacial score (nSPS) is 10.1. The van der Waals surface area contributed by atoms with Gasteiger partial charge in [-0.25, -0.2) is 13.8 Å². The Morgan fingerprint density at radius 1 is 1.16 bits per heavy atom. The summed E-state index contributed by atoms with van der Waals surface area (Å²) in [5, 5.41) is 5.65. The zero-order chi connectivity index (χ0) is 13.8. The van der Waals surface area contributed by atoms with Crippen LogP contribution in [0, 0.1) is 18.6 Å². The standard InChI is InChI=1S/C13H11F2N3S/c1-8-3-2-4-12(16-8)18-13(19)17-11-6-5-9(14)7-10(11)15/h2-7H,1H3,(H2,16,17,18,19). The van der Waals surface area contributed by atoms with Gasteiger partial charge in [0.15, 0.2) is 5.11 Å². The molecule has 0 spiro atoms.